The van der Waals surface area contributed by atoms with Gasteiger partial charge in [-0.05, 0) is 67.6 Å². The molecule has 0 amide bonds. The van der Waals surface area contributed by atoms with Gasteiger partial charge in [-0.25, -0.2) is 9.78 Å². The Kier molecular flexibility index (Phi) is 4.92. The second-order valence-electron chi connectivity index (χ2n) is 12.5. The highest BCUT2D eigenvalue weighted by atomic mass is 17.2. The van der Waals surface area contributed by atoms with Crippen LogP contribution in [0.5, 0.6) is 0 Å². The Balaban J connectivity index is 1.45. The van der Waals surface area contributed by atoms with E-state index in [1.807, 2.05) is 0 Å². The lowest BCUT2D eigenvalue weighted by Gasteiger charge is -2.69. The molecule has 0 radical (unpaired) electrons. The van der Waals surface area contributed by atoms with Crippen LogP contribution in [0.4, 0.5) is 0 Å². The number of rotatable bonds is 4. The summed E-state index contributed by atoms with van der Waals surface area (Å²) in [5.41, 5.74) is 0.240. The van der Waals surface area contributed by atoms with Gasteiger partial charge in [0, 0.05) is 17.3 Å². The van der Waals surface area contributed by atoms with Crippen LogP contribution in [0.1, 0.15) is 92.9 Å². The van der Waals surface area contributed by atoms with Crippen LogP contribution in [0.15, 0.2) is 24.3 Å². The maximum atomic E-state index is 6.53. The van der Waals surface area contributed by atoms with Crippen molar-refractivity contribution in [1.82, 2.24) is 0 Å². The molecule has 30 heavy (non-hydrogen) atoms. The Labute approximate surface area is 184 Å². The van der Waals surface area contributed by atoms with Crippen molar-refractivity contribution in [2.75, 3.05) is 0 Å². The van der Waals surface area contributed by atoms with E-state index in [0.717, 1.165) is 12.3 Å². The second-order valence-corrected chi connectivity index (χ2v) is 12.5. The molecule has 2 heteroatoms. The van der Waals surface area contributed by atoms with Gasteiger partial charge in [0.2, 0.25) is 0 Å². The van der Waals surface area contributed by atoms with Gasteiger partial charge in [-0.1, -0.05) is 78.7 Å². The predicted octanol–water partition coefficient (Wildman–Crippen LogP) is 7.50. The van der Waals surface area contributed by atoms with Gasteiger partial charge in [0.1, 0.15) is 11.2 Å². The summed E-state index contributed by atoms with van der Waals surface area (Å²) in [5.74, 6) is 3.95. The standard InChI is InChI=1S/C28H44O2/c1-19(2)20(3)9-10-21(4)22-11-12-23-25(22,5)16-13-24-26(6)14-7-8-15-27(26)17-18-28(23,24)30-29-27/h9-10,17-24H,7-8,11-16H2,1-6H3/b10-9+/t20-,21+,22+,23+,24+,25+,26+,27-,28-/m0/s1. The first-order chi connectivity index (χ1) is 14.2. The van der Waals surface area contributed by atoms with Crippen LogP contribution in [0.3, 0.4) is 0 Å². The molecule has 4 fully saturated rings. The first-order valence-corrected chi connectivity index (χ1v) is 12.9. The van der Waals surface area contributed by atoms with Crippen molar-refractivity contribution in [1.29, 1.82) is 0 Å². The van der Waals surface area contributed by atoms with E-state index in [-0.39, 0.29) is 16.6 Å². The molecular weight excluding hydrogens is 368 g/mol. The molecule has 0 aromatic carbocycles. The van der Waals surface area contributed by atoms with E-state index in [2.05, 4.69) is 65.8 Å². The molecule has 2 aliphatic heterocycles. The van der Waals surface area contributed by atoms with E-state index in [1.54, 1.807) is 0 Å². The molecule has 2 nitrogen and oxygen atoms in total. The molecular formula is C28H44O2. The molecule has 2 heterocycles. The maximum Gasteiger partial charge on any atom is 0.128 e. The topological polar surface area (TPSA) is 18.5 Å². The highest BCUT2D eigenvalue weighted by Crippen LogP contribution is 2.72. The van der Waals surface area contributed by atoms with Gasteiger partial charge in [-0.3, -0.25) is 0 Å². The largest absolute Gasteiger partial charge is 0.224 e. The van der Waals surface area contributed by atoms with Crippen LogP contribution in [0, 0.1) is 46.3 Å². The minimum absolute atomic E-state index is 0.160. The summed E-state index contributed by atoms with van der Waals surface area (Å²) in [7, 11) is 0. The van der Waals surface area contributed by atoms with Gasteiger partial charge in [0.05, 0.1) is 0 Å². The minimum Gasteiger partial charge on any atom is -0.224 e. The summed E-state index contributed by atoms with van der Waals surface area (Å²) in [6.45, 7) is 14.6. The summed E-state index contributed by atoms with van der Waals surface area (Å²) in [5, 5.41) is 0. The molecule has 0 aromatic rings. The van der Waals surface area contributed by atoms with Crippen LogP contribution in [0.25, 0.3) is 0 Å². The molecule has 4 aliphatic carbocycles. The molecule has 2 bridgehead atoms. The smallest absolute Gasteiger partial charge is 0.128 e. The third-order valence-corrected chi connectivity index (χ3v) is 11.1. The molecule has 9 atom stereocenters. The maximum absolute atomic E-state index is 6.53. The summed E-state index contributed by atoms with van der Waals surface area (Å²) in [6, 6.07) is 0. The van der Waals surface area contributed by atoms with E-state index in [1.165, 1.54) is 44.9 Å². The van der Waals surface area contributed by atoms with E-state index >= 15 is 0 Å². The lowest BCUT2D eigenvalue weighted by molar-refractivity contribution is -0.495. The SMILES string of the molecule is CC(C)[C@@H](C)/C=C/[C@@H](C)[C@H]1CC[C@@H]2[C@]1(C)CC[C@H]1[C@]23C=C[C@]2(CCCC[C@]12C)OO3. The zero-order chi connectivity index (χ0) is 21.4. The number of fused-ring (bicyclic) bond motifs is 2. The summed E-state index contributed by atoms with van der Waals surface area (Å²) in [4.78, 5) is 12.9. The monoisotopic (exact) mass is 412 g/mol. The fraction of sp³-hybridized carbons (Fsp3) is 0.857. The zero-order valence-electron chi connectivity index (χ0n) is 20.2. The summed E-state index contributed by atoms with van der Waals surface area (Å²) < 4.78 is 0. The number of allylic oxidation sites excluding steroid dienone is 2. The highest BCUT2D eigenvalue weighted by Gasteiger charge is 2.73. The Hall–Kier alpha value is -0.600. The first kappa shape index (κ1) is 21.3. The van der Waals surface area contributed by atoms with Gasteiger partial charge < -0.3 is 0 Å². The molecule has 6 rings (SSSR count). The van der Waals surface area contributed by atoms with E-state index in [0.29, 0.717) is 35.0 Å². The van der Waals surface area contributed by atoms with Crippen molar-refractivity contribution in [2.45, 2.75) is 104 Å². The van der Waals surface area contributed by atoms with Crippen LogP contribution in [-0.2, 0) is 9.78 Å². The Morgan fingerprint density at radius 1 is 0.833 bits per heavy atom. The zero-order valence-corrected chi connectivity index (χ0v) is 20.2. The van der Waals surface area contributed by atoms with Crippen molar-refractivity contribution in [2.24, 2.45) is 46.3 Å². The third kappa shape index (κ3) is 2.62. The fourth-order valence-electron chi connectivity index (χ4n) is 8.75. The average Bonchev–Trinajstić information content (AvgIpc) is 3.09. The van der Waals surface area contributed by atoms with E-state index in [9.17, 15) is 0 Å². The normalized spacial score (nSPS) is 51.6. The van der Waals surface area contributed by atoms with Crippen molar-refractivity contribution in [3.8, 4) is 0 Å². The molecule has 6 aliphatic rings. The highest BCUT2D eigenvalue weighted by molar-refractivity contribution is 5.33. The predicted molar refractivity (Wildman–Crippen MR) is 123 cm³/mol. The second kappa shape index (κ2) is 6.95. The quantitative estimate of drug-likeness (QED) is 0.351. The van der Waals surface area contributed by atoms with Crippen LogP contribution >= 0.6 is 0 Å². The lowest BCUT2D eigenvalue weighted by Crippen LogP contribution is -2.72. The summed E-state index contributed by atoms with van der Waals surface area (Å²) in [6.07, 6.45) is 20.3. The Bertz CT molecular complexity index is 739. The van der Waals surface area contributed by atoms with Gasteiger partial charge in [0.15, 0.2) is 0 Å². The minimum atomic E-state index is -0.190. The summed E-state index contributed by atoms with van der Waals surface area (Å²) >= 11 is 0. The molecule has 168 valence electrons. The van der Waals surface area contributed by atoms with Crippen molar-refractivity contribution in [3.05, 3.63) is 24.3 Å². The van der Waals surface area contributed by atoms with Crippen molar-refractivity contribution < 1.29 is 9.78 Å². The number of hydrogen-bond donors (Lipinski definition) is 0. The number of hydrogen-bond acceptors (Lipinski definition) is 2. The molecule has 3 saturated carbocycles. The molecule has 0 unspecified atom stereocenters. The van der Waals surface area contributed by atoms with Crippen LogP contribution in [0.2, 0.25) is 0 Å². The van der Waals surface area contributed by atoms with Gasteiger partial charge >= 0.3 is 0 Å². The third-order valence-electron chi connectivity index (χ3n) is 11.1. The lowest BCUT2D eigenvalue weighted by atomic mass is 9.43. The fourth-order valence-corrected chi connectivity index (χ4v) is 8.75. The van der Waals surface area contributed by atoms with Crippen molar-refractivity contribution >= 4 is 0 Å². The molecule has 2 spiro atoms. The average molecular weight is 413 g/mol. The van der Waals surface area contributed by atoms with Gasteiger partial charge in [0.25, 0.3) is 0 Å². The van der Waals surface area contributed by atoms with Crippen LogP contribution in [-0.4, -0.2) is 11.2 Å². The van der Waals surface area contributed by atoms with Crippen LogP contribution < -0.4 is 0 Å². The van der Waals surface area contributed by atoms with E-state index < -0.39 is 0 Å². The van der Waals surface area contributed by atoms with Gasteiger partial charge in [-0.15, -0.1) is 0 Å². The molecule has 0 aromatic heterocycles. The Morgan fingerprint density at radius 3 is 2.30 bits per heavy atom. The Morgan fingerprint density at radius 2 is 1.60 bits per heavy atom. The first-order valence-electron chi connectivity index (χ1n) is 12.9. The molecule has 0 N–H and O–H groups in total. The van der Waals surface area contributed by atoms with Gasteiger partial charge in [-0.2, -0.15) is 0 Å². The van der Waals surface area contributed by atoms with Crippen molar-refractivity contribution in [3.63, 3.8) is 0 Å². The van der Waals surface area contributed by atoms with E-state index in [4.69, 9.17) is 9.78 Å². The molecule has 1 saturated heterocycles.